The van der Waals surface area contributed by atoms with Crippen LogP contribution in [0.2, 0.25) is 0 Å². The molecule has 1 heterocycles. The van der Waals surface area contributed by atoms with Gasteiger partial charge in [-0.2, -0.15) is 0 Å². The fourth-order valence-electron chi connectivity index (χ4n) is 1.76. The van der Waals surface area contributed by atoms with E-state index in [0.29, 0.717) is 13.0 Å². The Morgan fingerprint density at radius 3 is 2.67 bits per heavy atom. The van der Waals surface area contributed by atoms with Crippen LogP contribution < -0.4 is 0 Å². The summed E-state index contributed by atoms with van der Waals surface area (Å²) < 4.78 is 0. The van der Waals surface area contributed by atoms with Gasteiger partial charge in [0.1, 0.15) is 5.78 Å². The summed E-state index contributed by atoms with van der Waals surface area (Å²) in [6.45, 7) is 4.86. The fraction of sp³-hybridized carbons (Fsp3) is 0.889. The molecule has 0 bridgehead atoms. The lowest BCUT2D eigenvalue weighted by molar-refractivity contribution is -0.134. The molecule has 0 radical (unpaired) electrons. The summed E-state index contributed by atoms with van der Waals surface area (Å²) >= 11 is 0. The van der Waals surface area contributed by atoms with Gasteiger partial charge >= 0.3 is 0 Å². The summed E-state index contributed by atoms with van der Waals surface area (Å²) in [6.07, 6.45) is 0.688. The van der Waals surface area contributed by atoms with Gasteiger partial charge in [0, 0.05) is 13.1 Å². The van der Waals surface area contributed by atoms with Crippen molar-refractivity contribution in [3.8, 4) is 0 Å². The van der Waals surface area contributed by atoms with Crippen LogP contribution >= 0.6 is 0 Å². The van der Waals surface area contributed by atoms with Crippen LogP contribution in [0, 0.1) is 5.92 Å². The van der Waals surface area contributed by atoms with Gasteiger partial charge in [0.2, 0.25) is 0 Å². The van der Waals surface area contributed by atoms with Crippen molar-refractivity contribution in [2.75, 3.05) is 20.1 Å². The van der Waals surface area contributed by atoms with Crippen LogP contribution in [0.15, 0.2) is 0 Å². The molecule has 0 aromatic heterocycles. The molecule has 2 atom stereocenters. The van der Waals surface area contributed by atoms with Crippen molar-refractivity contribution >= 4 is 5.78 Å². The SMILES string of the molecule is CC(=O)[C@H]1CN(C)CC[C@@]1(C)O. The van der Waals surface area contributed by atoms with E-state index >= 15 is 0 Å². The Hall–Kier alpha value is -0.410. The summed E-state index contributed by atoms with van der Waals surface area (Å²) in [7, 11) is 1.98. The molecule has 1 saturated heterocycles. The summed E-state index contributed by atoms with van der Waals surface area (Å²) in [5.41, 5.74) is -0.793. The van der Waals surface area contributed by atoms with Crippen LogP contribution in [-0.4, -0.2) is 41.5 Å². The lowest BCUT2D eigenvalue weighted by Crippen LogP contribution is -2.51. The number of hydrogen-bond acceptors (Lipinski definition) is 3. The van der Waals surface area contributed by atoms with Gasteiger partial charge in [-0.05, 0) is 27.3 Å². The van der Waals surface area contributed by atoms with E-state index in [0.717, 1.165) is 6.54 Å². The van der Waals surface area contributed by atoms with E-state index in [2.05, 4.69) is 4.90 Å². The monoisotopic (exact) mass is 171 g/mol. The number of rotatable bonds is 1. The molecular formula is C9H17NO2. The molecule has 0 aliphatic carbocycles. The second-order valence-electron chi connectivity index (χ2n) is 4.03. The molecule has 1 aliphatic rings. The van der Waals surface area contributed by atoms with Gasteiger partial charge in [0.15, 0.2) is 0 Å². The molecule has 0 saturated carbocycles. The van der Waals surface area contributed by atoms with Crippen molar-refractivity contribution in [2.24, 2.45) is 5.92 Å². The van der Waals surface area contributed by atoms with E-state index in [1.807, 2.05) is 7.05 Å². The molecule has 1 fully saturated rings. The molecule has 0 unspecified atom stereocenters. The van der Waals surface area contributed by atoms with Gasteiger partial charge in [0.05, 0.1) is 11.5 Å². The maximum atomic E-state index is 11.2. The maximum absolute atomic E-state index is 11.2. The second-order valence-corrected chi connectivity index (χ2v) is 4.03. The van der Waals surface area contributed by atoms with E-state index < -0.39 is 5.60 Å². The summed E-state index contributed by atoms with van der Waals surface area (Å²) in [5.74, 6) is -0.122. The van der Waals surface area contributed by atoms with Gasteiger partial charge < -0.3 is 10.0 Å². The number of likely N-dealkylation sites (tertiary alicyclic amines) is 1. The van der Waals surface area contributed by atoms with Crippen LogP contribution in [0.4, 0.5) is 0 Å². The van der Waals surface area contributed by atoms with Gasteiger partial charge in [-0.15, -0.1) is 0 Å². The Balaban J connectivity index is 2.72. The smallest absolute Gasteiger partial charge is 0.137 e. The molecule has 0 aromatic carbocycles. The lowest BCUT2D eigenvalue weighted by Gasteiger charge is -2.39. The maximum Gasteiger partial charge on any atom is 0.137 e. The third-order valence-corrected chi connectivity index (χ3v) is 2.74. The molecule has 1 rings (SSSR count). The van der Waals surface area contributed by atoms with E-state index in [9.17, 15) is 9.90 Å². The van der Waals surface area contributed by atoms with Crippen LogP contribution in [0.1, 0.15) is 20.3 Å². The van der Waals surface area contributed by atoms with E-state index in [1.54, 1.807) is 13.8 Å². The Morgan fingerprint density at radius 1 is 1.67 bits per heavy atom. The Labute approximate surface area is 73.4 Å². The largest absolute Gasteiger partial charge is 0.389 e. The number of aliphatic hydroxyl groups is 1. The summed E-state index contributed by atoms with van der Waals surface area (Å²) in [6, 6.07) is 0. The molecule has 3 nitrogen and oxygen atoms in total. The first-order valence-corrected chi connectivity index (χ1v) is 4.35. The number of carbonyl (C=O) groups is 1. The molecule has 1 N–H and O–H groups in total. The predicted octanol–water partition coefficient (Wildman–Crippen LogP) is 0.278. The second kappa shape index (κ2) is 3.15. The highest BCUT2D eigenvalue weighted by Gasteiger charge is 2.39. The number of hydrogen-bond donors (Lipinski definition) is 1. The van der Waals surface area contributed by atoms with Crippen molar-refractivity contribution in [2.45, 2.75) is 25.9 Å². The van der Waals surface area contributed by atoms with Gasteiger partial charge in [-0.25, -0.2) is 0 Å². The minimum atomic E-state index is -0.793. The molecule has 0 amide bonds. The molecule has 0 spiro atoms. The van der Waals surface area contributed by atoms with E-state index in [4.69, 9.17) is 0 Å². The average molecular weight is 171 g/mol. The lowest BCUT2D eigenvalue weighted by atomic mass is 9.80. The molecule has 70 valence electrons. The highest BCUT2D eigenvalue weighted by molar-refractivity contribution is 5.79. The molecule has 1 aliphatic heterocycles. The number of ketones is 1. The zero-order chi connectivity index (χ0) is 9.35. The third-order valence-electron chi connectivity index (χ3n) is 2.74. The van der Waals surface area contributed by atoms with Crippen molar-refractivity contribution in [3.63, 3.8) is 0 Å². The number of carbonyl (C=O) groups excluding carboxylic acids is 1. The minimum Gasteiger partial charge on any atom is -0.389 e. The van der Waals surface area contributed by atoms with Crippen molar-refractivity contribution in [1.29, 1.82) is 0 Å². The topological polar surface area (TPSA) is 40.5 Å². The van der Waals surface area contributed by atoms with Crippen molar-refractivity contribution in [3.05, 3.63) is 0 Å². The zero-order valence-electron chi connectivity index (χ0n) is 8.00. The van der Waals surface area contributed by atoms with Gasteiger partial charge in [-0.1, -0.05) is 0 Å². The Kier molecular flexibility index (Phi) is 2.54. The average Bonchev–Trinajstić information content (AvgIpc) is 1.94. The fourth-order valence-corrected chi connectivity index (χ4v) is 1.76. The quantitative estimate of drug-likeness (QED) is 0.616. The molecule has 3 heteroatoms. The molecule has 0 aromatic rings. The highest BCUT2D eigenvalue weighted by Crippen LogP contribution is 2.27. The first kappa shape index (κ1) is 9.68. The standard InChI is InChI=1S/C9H17NO2/c1-7(11)8-6-10(3)5-4-9(8,2)12/h8,12H,4-6H2,1-3H3/t8-,9-/m1/s1. The first-order valence-electron chi connectivity index (χ1n) is 4.35. The Bertz CT molecular complexity index is 189. The van der Waals surface area contributed by atoms with Crippen molar-refractivity contribution < 1.29 is 9.90 Å². The molecule has 12 heavy (non-hydrogen) atoms. The zero-order valence-corrected chi connectivity index (χ0v) is 8.00. The summed E-state index contributed by atoms with van der Waals surface area (Å²) in [5, 5.41) is 9.87. The normalized spacial score (nSPS) is 38.2. The van der Waals surface area contributed by atoms with E-state index in [-0.39, 0.29) is 11.7 Å². The first-order chi connectivity index (χ1) is 5.43. The number of Topliss-reactive ketones (excluding diaryl/α,β-unsaturated/α-hetero) is 1. The van der Waals surface area contributed by atoms with Crippen LogP contribution in [0.5, 0.6) is 0 Å². The van der Waals surface area contributed by atoms with Gasteiger partial charge in [-0.3, -0.25) is 4.79 Å². The van der Waals surface area contributed by atoms with Crippen LogP contribution in [0.25, 0.3) is 0 Å². The van der Waals surface area contributed by atoms with Crippen LogP contribution in [0.3, 0.4) is 0 Å². The van der Waals surface area contributed by atoms with Crippen LogP contribution in [-0.2, 0) is 4.79 Å². The third kappa shape index (κ3) is 1.84. The summed E-state index contributed by atoms with van der Waals surface area (Å²) in [4.78, 5) is 13.3. The Morgan fingerprint density at radius 2 is 2.25 bits per heavy atom. The van der Waals surface area contributed by atoms with Crippen molar-refractivity contribution in [1.82, 2.24) is 4.90 Å². The number of piperidine rings is 1. The van der Waals surface area contributed by atoms with Gasteiger partial charge in [0.25, 0.3) is 0 Å². The number of nitrogens with zero attached hydrogens (tertiary/aromatic N) is 1. The predicted molar refractivity (Wildman–Crippen MR) is 46.9 cm³/mol. The molecular weight excluding hydrogens is 154 g/mol. The highest BCUT2D eigenvalue weighted by atomic mass is 16.3. The van der Waals surface area contributed by atoms with E-state index in [1.165, 1.54) is 0 Å². The minimum absolute atomic E-state index is 0.0894.